The molecule has 5 aromatic rings. The Morgan fingerprint density at radius 2 is 1.26 bits per heavy atom. The second-order valence-corrected chi connectivity index (χ2v) is 9.19. The van der Waals surface area contributed by atoms with Gasteiger partial charge in [-0.1, -0.05) is 109 Å². The Morgan fingerprint density at radius 1 is 0.657 bits per heavy atom. The summed E-state index contributed by atoms with van der Waals surface area (Å²) in [6.45, 7) is 1.62. The van der Waals surface area contributed by atoms with Gasteiger partial charge in [0.15, 0.2) is 0 Å². The lowest BCUT2D eigenvalue weighted by Gasteiger charge is -2.36. The number of halogens is 2. The van der Waals surface area contributed by atoms with Gasteiger partial charge < -0.3 is 9.47 Å². The van der Waals surface area contributed by atoms with Crippen LogP contribution in [-0.4, -0.2) is 9.47 Å². The zero-order valence-corrected chi connectivity index (χ0v) is 21.7. The van der Waals surface area contributed by atoms with Crippen molar-refractivity contribution < 1.29 is 0 Å². The molecule has 174 valence electrons. The molecule has 0 saturated carbocycles. The van der Waals surface area contributed by atoms with Gasteiger partial charge in [-0.05, 0) is 34.9 Å². The quantitative estimate of drug-likeness (QED) is 0.216. The molecule has 35 heavy (non-hydrogen) atoms. The number of hydrogen-bond acceptors (Lipinski definition) is 1. The molecule has 4 heteroatoms. The Labute approximate surface area is 221 Å². The highest BCUT2D eigenvalue weighted by molar-refractivity contribution is 8.93. The van der Waals surface area contributed by atoms with Crippen molar-refractivity contribution in [3.63, 3.8) is 0 Å². The molecule has 1 aromatic heterocycles. The Kier molecular flexibility index (Phi) is 6.81. The monoisotopic (exact) mass is 540 g/mol. The van der Waals surface area contributed by atoms with Gasteiger partial charge in [-0.25, -0.2) is 0 Å². The first-order chi connectivity index (χ1) is 16.8. The van der Waals surface area contributed by atoms with Crippen molar-refractivity contribution in [2.24, 2.45) is 0 Å². The second-order valence-electron chi connectivity index (χ2n) is 8.79. The predicted octanol–water partition coefficient (Wildman–Crippen LogP) is 8.50. The molecule has 1 aliphatic rings. The molecule has 4 aromatic carbocycles. The highest BCUT2D eigenvalue weighted by Crippen LogP contribution is 2.43. The van der Waals surface area contributed by atoms with E-state index in [0.717, 1.165) is 23.7 Å². The van der Waals surface area contributed by atoms with E-state index in [9.17, 15) is 0 Å². The predicted molar refractivity (Wildman–Crippen MR) is 152 cm³/mol. The van der Waals surface area contributed by atoms with Crippen LogP contribution in [0.2, 0.25) is 5.02 Å². The van der Waals surface area contributed by atoms with E-state index in [2.05, 4.69) is 119 Å². The van der Waals surface area contributed by atoms with Gasteiger partial charge >= 0.3 is 0 Å². The maximum absolute atomic E-state index is 6.84. The summed E-state index contributed by atoms with van der Waals surface area (Å²) in [6.07, 6.45) is 4.51. The van der Waals surface area contributed by atoms with E-state index in [1.807, 2.05) is 12.1 Å². The molecule has 0 amide bonds. The largest absolute Gasteiger partial charge is 0.361 e. The molecule has 0 spiro atoms. The van der Waals surface area contributed by atoms with E-state index in [1.54, 1.807) is 0 Å². The SMILES string of the molecule is Br.Clc1ccccc1C1c2c(c3ccccc3n2Cc2ccccc2)C=CN1Cc1ccccc1. The van der Waals surface area contributed by atoms with Crippen molar-refractivity contribution >= 4 is 45.6 Å². The Hall–Kier alpha value is -3.27. The molecule has 0 aliphatic carbocycles. The molecule has 1 atom stereocenters. The van der Waals surface area contributed by atoms with Crippen molar-refractivity contribution in [3.8, 4) is 0 Å². The summed E-state index contributed by atoms with van der Waals surface area (Å²) >= 11 is 6.84. The molecule has 0 fully saturated rings. The fourth-order valence-corrected chi connectivity index (χ4v) is 5.37. The highest BCUT2D eigenvalue weighted by atomic mass is 79.9. The van der Waals surface area contributed by atoms with Crippen molar-refractivity contribution in [1.82, 2.24) is 9.47 Å². The van der Waals surface area contributed by atoms with Crippen LogP contribution in [0.1, 0.15) is 34.0 Å². The number of aromatic nitrogens is 1. The lowest BCUT2D eigenvalue weighted by atomic mass is 9.94. The minimum atomic E-state index is 0. The second kappa shape index (κ2) is 10.2. The molecule has 0 saturated heterocycles. The Morgan fingerprint density at radius 3 is 1.97 bits per heavy atom. The lowest BCUT2D eigenvalue weighted by molar-refractivity contribution is 0.297. The van der Waals surface area contributed by atoms with Gasteiger partial charge in [0, 0.05) is 40.8 Å². The van der Waals surface area contributed by atoms with E-state index >= 15 is 0 Å². The first-order valence-electron chi connectivity index (χ1n) is 11.7. The van der Waals surface area contributed by atoms with E-state index < -0.39 is 0 Å². The van der Waals surface area contributed by atoms with Gasteiger partial charge in [-0.2, -0.15) is 0 Å². The van der Waals surface area contributed by atoms with Gasteiger partial charge in [0.05, 0.1) is 11.7 Å². The minimum Gasteiger partial charge on any atom is -0.361 e. The van der Waals surface area contributed by atoms with Gasteiger partial charge in [-0.15, -0.1) is 17.0 Å². The lowest BCUT2D eigenvalue weighted by Crippen LogP contribution is -2.29. The third-order valence-electron chi connectivity index (χ3n) is 6.67. The van der Waals surface area contributed by atoms with Crippen LogP contribution in [0.4, 0.5) is 0 Å². The minimum absolute atomic E-state index is 0. The average Bonchev–Trinajstić information content (AvgIpc) is 3.19. The maximum Gasteiger partial charge on any atom is 0.0965 e. The molecular weight excluding hydrogens is 516 g/mol. The van der Waals surface area contributed by atoms with Crippen LogP contribution in [0, 0.1) is 0 Å². The van der Waals surface area contributed by atoms with Gasteiger partial charge in [0.1, 0.15) is 0 Å². The molecule has 2 nitrogen and oxygen atoms in total. The van der Waals surface area contributed by atoms with Crippen molar-refractivity contribution in [3.05, 3.63) is 148 Å². The topological polar surface area (TPSA) is 8.17 Å². The van der Waals surface area contributed by atoms with Crippen molar-refractivity contribution in [2.45, 2.75) is 19.1 Å². The first-order valence-corrected chi connectivity index (χ1v) is 12.0. The third-order valence-corrected chi connectivity index (χ3v) is 7.01. The summed E-state index contributed by atoms with van der Waals surface area (Å²) < 4.78 is 2.48. The van der Waals surface area contributed by atoms with Gasteiger partial charge in [0.2, 0.25) is 0 Å². The summed E-state index contributed by atoms with van der Waals surface area (Å²) in [5, 5.41) is 2.07. The smallest absolute Gasteiger partial charge is 0.0965 e. The summed E-state index contributed by atoms with van der Waals surface area (Å²) in [4.78, 5) is 2.42. The van der Waals surface area contributed by atoms with E-state index in [1.165, 1.54) is 33.3 Å². The van der Waals surface area contributed by atoms with Crippen LogP contribution >= 0.6 is 28.6 Å². The third kappa shape index (κ3) is 4.42. The van der Waals surface area contributed by atoms with Crippen molar-refractivity contribution in [1.29, 1.82) is 0 Å². The molecule has 1 aliphatic heterocycles. The number of fused-ring (bicyclic) bond motifs is 3. The number of hydrogen-bond donors (Lipinski definition) is 0. The van der Waals surface area contributed by atoms with Gasteiger partial charge in [0.25, 0.3) is 0 Å². The maximum atomic E-state index is 6.84. The average molecular weight is 542 g/mol. The zero-order chi connectivity index (χ0) is 22.9. The van der Waals surface area contributed by atoms with Crippen LogP contribution in [-0.2, 0) is 13.1 Å². The molecule has 0 N–H and O–H groups in total. The van der Waals surface area contributed by atoms with E-state index in [-0.39, 0.29) is 23.0 Å². The summed E-state index contributed by atoms with van der Waals surface area (Å²) in [7, 11) is 0. The molecule has 6 rings (SSSR count). The normalized spacial score (nSPS) is 14.5. The fourth-order valence-electron chi connectivity index (χ4n) is 5.13. The van der Waals surface area contributed by atoms with E-state index in [4.69, 9.17) is 11.6 Å². The number of rotatable bonds is 5. The first kappa shape index (κ1) is 23.5. The molecule has 2 heterocycles. The molecule has 1 unspecified atom stereocenters. The Bertz CT molecular complexity index is 1470. The van der Waals surface area contributed by atoms with Crippen LogP contribution in [0.25, 0.3) is 17.0 Å². The molecule has 0 radical (unpaired) electrons. The van der Waals surface area contributed by atoms with Crippen LogP contribution in [0.3, 0.4) is 0 Å². The standard InChI is InChI=1S/C31H25ClN2.BrH/c32-28-17-9-7-16-27(28)30-31-26(19-20-33(30)21-23-11-3-1-4-12-23)25-15-8-10-18-29(25)34(31)22-24-13-5-2-6-14-24;/h1-20,30H,21-22H2;1H. The summed E-state index contributed by atoms with van der Waals surface area (Å²) in [5.74, 6) is 0. The summed E-state index contributed by atoms with van der Waals surface area (Å²) in [5.41, 5.74) is 7.51. The van der Waals surface area contributed by atoms with Crippen LogP contribution < -0.4 is 0 Å². The molecule has 0 bridgehead atoms. The zero-order valence-electron chi connectivity index (χ0n) is 19.2. The van der Waals surface area contributed by atoms with Crippen LogP contribution in [0.15, 0.2) is 115 Å². The van der Waals surface area contributed by atoms with E-state index in [0.29, 0.717) is 0 Å². The summed E-state index contributed by atoms with van der Waals surface area (Å²) in [6, 6.07) is 38.3. The molecular formula is C31H26BrClN2. The van der Waals surface area contributed by atoms with Gasteiger partial charge in [-0.3, -0.25) is 0 Å². The van der Waals surface area contributed by atoms with Crippen LogP contribution in [0.5, 0.6) is 0 Å². The van der Waals surface area contributed by atoms with Crippen molar-refractivity contribution in [2.75, 3.05) is 0 Å². The Balaban J connectivity index is 0.00000253. The number of benzene rings is 4. The fraction of sp³-hybridized carbons (Fsp3) is 0.0968. The number of para-hydroxylation sites is 1. The number of nitrogens with zero attached hydrogens (tertiary/aromatic N) is 2. The highest BCUT2D eigenvalue weighted by Gasteiger charge is 2.32.